The van der Waals surface area contributed by atoms with E-state index in [1.807, 2.05) is 13.8 Å². The predicted octanol–water partition coefficient (Wildman–Crippen LogP) is 1.50. The molecule has 1 aromatic rings. The molecule has 0 aliphatic rings. The summed E-state index contributed by atoms with van der Waals surface area (Å²) in [4.78, 5) is 15.6. The Labute approximate surface area is 131 Å². The Balaban J connectivity index is 2.74. The van der Waals surface area contributed by atoms with E-state index in [1.54, 1.807) is 26.4 Å². The molecule has 1 aromatic heterocycles. The predicted molar refractivity (Wildman–Crippen MR) is 86.0 cm³/mol. The van der Waals surface area contributed by atoms with Crippen molar-refractivity contribution in [3.05, 3.63) is 22.7 Å². The highest BCUT2D eigenvalue weighted by atomic mass is 31.1. The third-order valence-electron chi connectivity index (χ3n) is 3.07. The maximum absolute atomic E-state index is 11.9. The molecule has 0 bridgehead atoms. The van der Waals surface area contributed by atoms with Gasteiger partial charge >= 0.3 is 5.69 Å². The first-order valence-corrected chi connectivity index (χ1v) is 8.49. The van der Waals surface area contributed by atoms with Crippen molar-refractivity contribution in [1.82, 2.24) is 14.2 Å². The number of aromatic nitrogens is 2. The van der Waals surface area contributed by atoms with E-state index in [4.69, 9.17) is 15.0 Å². The van der Waals surface area contributed by atoms with Gasteiger partial charge in [-0.15, -0.1) is 0 Å². The lowest BCUT2D eigenvalue weighted by Gasteiger charge is -2.25. The Kier molecular flexibility index (Phi) is 7.75. The first-order valence-electron chi connectivity index (χ1n) is 7.23. The molecule has 0 radical (unpaired) electrons. The largest absolute Gasteiger partial charge is 0.383 e. The average Bonchev–Trinajstić information content (AvgIpc) is 2.48. The highest BCUT2D eigenvalue weighted by Gasteiger charge is 2.18. The normalized spacial score (nSPS) is 15.7. The van der Waals surface area contributed by atoms with Gasteiger partial charge in [0.1, 0.15) is 12.0 Å². The molecule has 0 fully saturated rings. The number of nitrogen functional groups attached to an aromatic ring is 1. The Bertz CT molecular complexity index is 549. The molecule has 0 amide bonds. The zero-order valence-electron chi connectivity index (χ0n) is 13.5. The summed E-state index contributed by atoms with van der Waals surface area (Å²) in [6, 6.07) is 1.55. The Morgan fingerprint density at radius 2 is 2.09 bits per heavy atom. The molecule has 0 saturated carbocycles. The van der Waals surface area contributed by atoms with Gasteiger partial charge < -0.3 is 15.0 Å². The zero-order chi connectivity index (χ0) is 16.7. The third kappa shape index (κ3) is 5.53. The molecular weight excluding hydrogens is 307 g/mol. The number of nitrogens with zero attached hydrogens (tertiary/aromatic N) is 3. The van der Waals surface area contributed by atoms with Gasteiger partial charge in [-0.2, -0.15) is 4.98 Å². The molecule has 9 heteroatoms. The van der Waals surface area contributed by atoms with E-state index in [9.17, 15) is 9.36 Å². The molecule has 1 rings (SSSR count). The second kappa shape index (κ2) is 9.05. The number of anilines is 1. The van der Waals surface area contributed by atoms with Crippen LogP contribution in [-0.2, 0) is 13.8 Å². The Morgan fingerprint density at radius 3 is 2.59 bits per heavy atom. The fourth-order valence-corrected chi connectivity index (χ4v) is 2.36. The van der Waals surface area contributed by atoms with Gasteiger partial charge in [-0.05, 0) is 33.0 Å². The molecule has 0 spiro atoms. The number of hydrogen-bond acceptors (Lipinski definition) is 6. The molecule has 2 N–H and O–H groups in total. The summed E-state index contributed by atoms with van der Waals surface area (Å²) in [5, 5.41) is 0. The molecule has 0 aliphatic heterocycles. The molecule has 8 nitrogen and oxygen atoms in total. The van der Waals surface area contributed by atoms with E-state index in [-0.39, 0.29) is 18.5 Å². The average molecular weight is 332 g/mol. The van der Waals surface area contributed by atoms with E-state index >= 15 is 0 Å². The number of nitrogens with two attached hydrogens (primary N) is 1. The Hall–Kier alpha value is -1.21. The van der Waals surface area contributed by atoms with Crippen LogP contribution in [0.5, 0.6) is 0 Å². The van der Waals surface area contributed by atoms with Crippen molar-refractivity contribution in [2.45, 2.75) is 39.0 Å². The molecule has 22 heavy (non-hydrogen) atoms. The van der Waals surface area contributed by atoms with Gasteiger partial charge in [-0.3, -0.25) is 9.13 Å². The summed E-state index contributed by atoms with van der Waals surface area (Å²) in [7, 11) is 1.16. The van der Waals surface area contributed by atoms with Gasteiger partial charge in [0.15, 0.2) is 0 Å². The smallest absolute Gasteiger partial charge is 0.351 e. The highest BCUT2D eigenvalue weighted by molar-refractivity contribution is 7.36. The van der Waals surface area contributed by atoms with E-state index in [0.717, 1.165) is 0 Å². The van der Waals surface area contributed by atoms with E-state index in [2.05, 4.69) is 4.98 Å². The quantitative estimate of drug-likeness (QED) is 0.684. The molecule has 0 aliphatic carbocycles. The fraction of sp³-hybridized carbons (Fsp3) is 0.692. The summed E-state index contributed by atoms with van der Waals surface area (Å²) in [5.74, 6) is 0.177. The van der Waals surface area contributed by atoms with E-state index < -0.39 is 20.1 Å². The molecule has 1 heterocycles. The summed E-state index contributed by atoms with van der Waals surface area (Å²) in [6.07, 6.45) is 2.11. The van der Waals surface area contributed by atoms with Crippen molar-refractivity contribution in [3.63, 3.8) is 0 Å². The molecule has 126 valence electrons. The van der Waals surface area contributed by atoms with Crippen LogP contribution in [0.3, 0.4) is 0 Å². The summed E-state index contributed by atoms with van der Waals surface area (Å²) in [6.45, 7) is 4.06. The number of ether oxygens (including phenoxy) is 1. The van der Waals surface area contributed by atoms with Crippen LogP contribution in [0.2, 0.25) is 0 Å². The summed E-state index contributed by atoms with van der Waals surface area (Å²) < 4.78 is 25.8. The van der Waals surface area contributed by atoms with Crippen LogP contribution in [0, 0.1) is 0 Å². The minimum Gasteiger partial charge on any atom is -0.383 e. The van der Waals surface area contributed by atoms with Gasteiger partial charge in [0.05, 0.1) is 12.7 Å². The standard InChI is InChI=1S/C13H25N4O4P/c1-5-10(9-20-22(19)16(3)4)21-12(6-2)17-8-7-11(14)15-13(17)18/h7-8,10,12,22H,5-6,9H2,1-4H3,(H2,14,15,18)/t10-,12+/m0/s1. The maximum Gasteiger partial charge on any atom is 0.351 e. The molecule has 1 unspecified atom stereocenters. The summed E-state index contributed by atoms with van der Waals surface area (Å²) in [5.41, 5.74) is 5.03. The first-order chi connectivity index (χ1) is 10.4. The van der Waals surface area contributed by atoms with E-state index in [1.165, 1.54) is 9.24 Å². The van der Waals surface area contributed by atoms with Crippen LogP contribution < -0.4 is 11.4 Å². The monoisotopic (exact) mass is 332 g/mol. The zero-order valence-corrected chi connectivity index (χ0v) is 14.5. The number of rotatable bonds is 9. The highest BCUT2D eigenvalue weighted by Crippen LogP contribution is 2.26. The minimum atomic E-state index is -2.23. The minimum absolute atomic E-state index is 0.177. The van der Waals surface area contributed by atoms with Crippen molar-refractivity contribution >= 4 is 14.0 Å². The molecule has 0 aromatic carbocycles. The van der Waals surface area contributed by atoms with Crippen molar-refractivity contribution in [1.29, 1.82) is 0 Å². The van der Waals surface area contributed by atoms with Gasteiger partial charge in [-0.25, -0.2) is 9.46 Å². The number of hydrogen-bond donors (Lipinski definition) is 1. The fourth-order valence-electron chi connectivity index (χ4n) is 1.77. The van der Waals surface area contributed by atoms with E-state index in [0.29, 0.717) is 12.8 Å². The lowest BCUT2D eigenvalue weighted by Crippen LogP contribution is -2.32. The topological polar surface area (TPSA) is 99.7 Å². The first kappa shape index (κ1) is 18.8. The SMILES string of the molecule is CC[C@@H](CO[PH](=O)N(C)C)O[C@H](CC)n1ccc(N)nc1=O. The second-order valence-electron chi connectivity index (χ2n) is 5.04. The second-order valence-corrected chi connectivity index (χ2v) is 6.76. The van der Waals surface area contributed by atoms with Crippen LogP contribution in [0.1, 0.15) is 32.9 Å². The third-order valence-corrected chi connectivity index (χ3v) is 4.22. The van der Waals surface area contributed by atoms with Gasteiger partial charge in [-0.1, -0.05) is 13.8 Å². The van der Waals surface area contributed by atoms with Gasteiger partial charge in [0.2, 0.25) is 0 Å². The molecular formula is C13H25N4O4P. The van der Waals surface area contributed by atoms with Crippen LogP contribution in [0.4, 0.5) is 5.82 Å². The van der Waals surface area contributed by atoms with Crippen molar-refractivity contribution in [2.75, 3.05) is 26.4 Å². The lowest BCUT2D eigenvalue weighted by molar-refractivity contribution is -0.0750. The van der Waals surface area contributed by atoms with Gasteiger partial charge in [0.25, 0.3) is 8.18 Å². The Morgan fingerprint density at radius 1 is 1.41 bits per heavy atom. The van der Waals surface area contributed by atoms with Crippen molar-refractivity contribution in [2.24, 2.45) is 0 Å². The van der Waals surface area contributed by atoms with Crippen LogP contribution in [-0.4, -0.2) is 41.0 Å². The van der Waals surface area contributed by atoms with Gasteiger partial charge in [0, 0.05) is 6.20 Å². The maximum atomic E-state index is 11.9. The summed E-state index contributed by atoms with van der Waals surface area (Å²) >= 11 is 0. The van der Waals surface area contributed by atoms with Crippen molar-refractivity contribution in [3.8, 4) is 0 Å². The van der Waals surface area contributed by atoms with Crippen molar-refractivity contribution < 1.29 is 13.8 Å². The molecule has 0 saturated heterocycles. The molecule has 3 atom stereocenters. The van der Waals surface area contributed by atoms with Crippen LogP contribution in [0.25, 0.3) is 0 Å². The van der Waals surface area contributed by atoms with Crippen LogP contribution in [0.15, 0.2) is 17.1 Å². The van der Waals surface area contributed by atoms with Crippen LogP contribution >= 0.6 is 8.18 Å². The lowest BCUT2D eigenvalue weighted by atomic mass is 10.3.